The molecule has 1 aromatic carbocycles. The molecular formula is C13H16ClN3O5. The molecule has 0 unspecified atom stereocenters. The maximum Gasteiger partial charge on any atom is 0.292 e. The summed E-state index contributed by atoms with van der Waals surface area (Å²) in [6.07, 6.45) is 0. The Balaban J connectivity index is 2.08. The van der Waals surface area contributed by atoms with Gasteiger partial charge in [0, 0.05) is 31.3 Å². The Kier molecular flexibility index (Phi) is 5.53. The minimum Gasteiger partial charge on any atom is -0.490 e. The lowest BCUT2D eigenvalue weighted by Gasteiger charge is -2.26. The minimum atomic E-state index is -0.780. The predicted molar refractivity (Wildman–Crippen MR) is 79.4 cm³/mol. The van der Waals surface area contributed by atoms with Gasteiger partial charge in [-0.1, -0.05) is 11.6 Å². The molecule has 120 valence electrons. The lowest BCUT2D eigenvalue weighted by molar-refractivity contribution is -0.384. The van der Waals surface area contributed by atoms with Crippen LogP contribution in [0.5, 0.6) is 5.75 Å². The van der Waals surface area contributed by atoms with Gasteiger partial charge >= 0.3 is 0 Å². The van der Waals surface area contributed by atoms with Crippen LogP contribution in [0, 0.1) is 10.1 Å². The smallest absolute Gasteiger partial charge is 0.292 e. The Morgan fingerprint density at radius 1 is 1.45 bits per heavy atom. The summed E-state index contributed by atoms with van der Waals surface area (Å²) in [5, 5.41) is 10.8. The van der Waals surface area contributed by atoms with Gasteiger partial charge in [-0.3, -0.25) is 19.8 Å². The number of ether oxygens (including phenoxy) is 2. The van der Waals surface area contributed by atoms with E-state index in [9.17, 15) is 14.9 Å². The van der Waals surface area contributed by atoms with E-state index in [1.165, 1.54) is 6.07 Å². The highest BCUT2D eigenvalue weighted by molar-refractivity contribution is 6.34. The second-order valence-corrected chi connectivity index (χ2v) is 5.11. The van der Waals surface area contributed by atoms with E-state index in [-0.39, 0.29) is 16.3 Å². The van der Waals surface area contributed by atoms with Crippen LogP contribution in [0.25, 0.3) is 0 Å². The van der Waals surface area contributed by atoms with Gasteiger partial charge in [0.15, 0.2) is 5.02 Å². The number of primary amides is 1. The van der Waals surface area contributed by atoms with Crippen molar-refractivity contribution in [2.45, 2.75) is 0 Å². The van der Waals surface area contributed by atoms with Crippen LogP contribution in [0.2, 0.25) is 5.02 Å². The zero-order chi connectivity index (χ0) is 16.1. The number of nitro groups is 1. The average Bonchev–Trinajstić information content (AvgIpc) is 2.49. The van der Waals surface area contributed by atoms with E-state index in [1.54, 1.807) is 0 Å². The number of rotatable bonds is 6. The molecule has 1 heterocycles. The van der Waals surface area contributed by atoms with Crippen LogP contribution in [-0.2, 0) is 4.74 Å². The van der Waals surface area contributed by atoms with Crippen LogP contribution in [-0.4, -0.2) is 55.2 Å². The molecule has 0 aliphatic carbocycles. The van der Waals surface area contributed by atoms with Crippen molar-refractivity contribution >= 4 is 23.2 Å². The van der Waals surface area contributed by atoms with Crippen LogP contribution in [0.15, 0.2) is 12.1 Å². The number of nitro benzene ring substituents is 1. The number of amides is 1. The van der Waals surface area contributed by atoms with E-state index in [4.69, 9.17) is 26.8 Å². The largest absolute Gasteiger partial charge is 0.490 e. The van der Waals surface area contributed by atoms with Gasteiger partial charge in [-0.25, -0.2) is 0 Å². The molecule has 1 fully saturated rings. The summed E-state index contributed by atoms with van der Waals surface area (Å²) in [5.41, 5.74) is 4.75. The molecule has 0 aromatic heterocycles. The third kappa shape index (κ3) is 4.06. The number of nitrogens with two attached hydrogens (primary N) is 1. The standard InChI is InChI=1S/C13H16ClN3O5/c14-12-10(17(19)20)7-9(13(15)18)8-11(12)22-6-3-16-1-4-21-5-2-16/h7-8H,1-6H2,(H2,15,18). The van der Waals surface area contributed by atoms with E-state index in [2.05, 4.69) is 4.90 Å². The van der Waals surface area contributed by atoms with Crippen LogP contribution < -0.4 is 10.5 Å². The van der Waals surface area contributed by atoms with Gasteiger partial charge in [0.25, 0.3) is 5.69 Å². The molecule has 0 bridgehead atoms. The van der Waals surface area contributed by atoms with E-state index in [0.717, 1.165) is 19.2 Å². The molecule has 0 atom stereocenters. The number of benzene rings is 1. The first-order chi connectivity index (χ1) is 10.5. The third-order valence-corrected chi connectivity index (χ3v) is 3.65. The first-order valence-electron chi connectivity index (χ1n) is 6.69. The summed E-state index contributed by atoms with van der Waals surface area (Å²) in [6.45, 7) is 3.87. The second kappa shape index (κ2) is 7.39. The average molecular weight is 330 g/mol. The Morgan fingerprint density at radius 3 is 2.73 bits per heavy atom. The van der Waals surface area contributed by atoms with Crippen molar-refractivity contribution in [2.24, 2.45) is 5.73 Å². The lowest BCUT2D eigenvalue weighted by Crippen LogP contribution is -2.38. The lowest BCUT2D eigenvalue weighted by atomic mass is 10.2. The summed E-state index contributed by atoms with van der Waals surface area (Å²) in [4.78, 5) is 23.7. The predicted octanol–water partition coefficient (Wildman–Crippen LogP) is 1.06. The molecule has 9 heteroatoms. The fourth-order valence-electron chi connectivity index (χ4n) is 2.07. The van der Waals surface area contributed by atoms with Crippen molar-refractivity contribution < 1.29 is 19.2 Å². The fraction of sp³-hybridized carbons (Fsp3) is 0.462. The second-order valence-electron chi connectivity index (χ2n) is 4.73. The number of nitrogens with zero attached hydrogens (tertiary/aromatic N) is 2. The Morgan fingerprint density at radius 2 is 2.14 bits per heavy atom. The highest BCUT2D eigenvalue weighted by Gasteiger charge is 2.21. The summed E-state index contributed by atoms with van der Waals surface area (Å²) in [7, 11) is 0. The number of carbonyl (C=O) groups is 1. The summed E-state index contributed by atoms with van der Waals surface area (Å²) >= 11 is 5.95. The number of hydrogen-bond acceptors (Lipinski definition) is 6. The Labute approximate surface area is 131 Å². The molecule has 1 aromatic rings. The van der Waals surface area contributed by atoms with E-state index in [0.29, 0.717) is 26.4 Å². The molecule has 1 aliphatic heterocycles. The highest BCUT2D eigenvalue weighted by atomic mass is 35.5. The highest BCUT2D eigenvalue weighted by Crippen LogP contribution is 2.35. The van der Waals surface area contributed by atoms with Crippen molar-refractivity contribution in [3.63, 3.8) is 0 Å². The zero-order valence-corrected chi connectivity index (χ0v) is 12.5. The summed E-state index contributed by atoms with van der Waals surface area (Å²) in [6, 6.07) is 2.36. The van der Waals surface area contributed by atoms with Crippen LogP contribution >= 0.6 is 11.6 Å². The fourth-order valence-corrected chi connectivity index (χ4v) is 2.31. The van der Waals surface area contributed by atoms with Gasteiger partial charge in [-0.2, -0.15) is 0 Å². The van der Waals surface area contributed by atoms with Crippen molar-refractivity contribution in [2.75, 3.05) is 39.5 Å². The molecule has 1 saturated heterocycles. The molecule has 22 heavy (non-hydrogen) atoms. The van der Waals surface area contributed by atoms with Crippen molar-refractivity contribution in [3.8, 4) is 5.75 Å². The van der Waals surface area contributed by atoms with Crippen LogP contribution in [0.1, 0.15) is 10.4 Å². The van der Waals surface area contributed by atoms with Crippen molar-refractivity contribution in [3.05, 3.63) is 32.8 Å². The van der Waals surface area contributed by atoms with E-state index >= 15 is 0 Å². The molecule has 2 rings (SSSR count). The first kappa shape index (κ1) is 16.5. The Bertz CT molecular complexity index is 575. The molecule has 0 saturated carbocycles. The normalized spacial score (nSPS) is 15.5. The van der Waals surface area contributed by atoms with Crippen LogP contribution in [0.3, 0.4) is 0 Å². The maximum atomic E-state index is 11.2. The van der Waals surface area contributed by atoms with Gasteiger partial charge < -0.3 is 15.2 Å². The summed E-state index contributed by atoms with van der Waals surface area (Å²) < 4.78 is 10.7. The maximum absolute atomic E-state index is 11.2. The number of hydrogen-bond donors (Lipinski definition) is 1. The third-order valence-electron chi connectivity index (χ3n) is 3.27. The van der Waals surface area contributed by atoms with Gasteiger partial charge in [-0.05, 0) is 6.07 Å². The molecule has 0 radical (unpaired) electrons. The van der Waals surface area contributed by atoms with Crippen molar-refractivity contribution in [1.29, 1.82) is 0 Å². The van der Waals surface area contributed by atoms with Gasteiger partial charge in [0.2, 0.25) is 5.91 Å². The zero-order valence-electron chi connectivity index (χ0n) is 11.8. The van der Waals surface area contributed by atoms with Gasteiger partial charge in [-0.15, -0.1) is 0 Å². The molecule has 8 nitrogen and oxygen atoms in total. The van der Waals surface area contributed by atoms with Crippen LogP contribution in [0.4, 0.5) is 5.69 Å². The monoisotopic (exact) mass is 329 g/mol. The number of morpholine rings is 1. The minimum absolute atomic E-state index is 0.0162. The quantitative estimate of drug-likeness (QED) is 0.617. The molecule has 2 N–H and O–H groups in total. The molecule has 1 amide bonds. The topological polar surface area (TPSA) is 108 Å². The number of halogens is 1. The molecule has 1 aliphatic rings. The van der Waals surface area contributed by atoms with Crippen molar-refractivity contribution in [1.82, 2.24) is 4.90 Å². The van der Waals surface area contributed by atoms with E-state index in [1.807, 2.05) is 0 Å². The SMILES string of the molecule is NC(=O)c1cc(OCCN2CCOCC2)c(Cl)c([N+](=O)[O-])c1. The first-order valence-corrected chi connectivity index (χ1v) is 7.07. The van der Waals surface area contributed by atoms with Gasteiger partial charge in [0.05, 0.1) is 18.1 Å². The summed E-state index contributed by atoms with van der Waals surface area (Å²) in [5.74, 6) is -0.698. The molecular weight excluding hydrogens is 314 g/mol. The number of carbonyl (C=O) groups excluding carboxylic acids is 1. The Hall–Kier alpha value is -1.90. The van der Waals surface area contributed by atoms with E-state index < -0.39 is 16.5 Å². The van der Waals surface area contributed by atoms with Gasteiger partial charge in [0.1, 0.15) is 12.4 Å². The molecule has 0 spiro atoms.